The van der Waals surface area contributed by atoms with Crippen LogP contribution in [0.25, 0.3) is 0 Å². The summed E-state index contributed by atoms with van der Waals surface area (Å²) in [5.41, 5.74) is 0.830. The molecule has 6 heteroatoms. The first-order valence-corrected chi connectivity index (χ1v) is 5.31. The number of nitro groups is 1. The predicted molar refractivity (Wildman–Crippen MR) is 60.9 cm³/mol. The quantitative estimate of drug-likeness (QED) is 0.627. The van der Waals surface area contributed by atoms with Gasteiger partial charge < -0.3 is 5.11 Å². The molecule has 1 heterocycles. The molecule has 0 saturated heterocycles. The summed E-state index contributed by atoms with van der Waals surface area (Å²) in [6.07, 6.45) is 2.30. The van der Waals surface area contributed by atoms with E-state index >= 15 is 0 Å². The molecule has 0 spiro atoms. The summed E-state index contributed by atoms with van der Waals surface area (Å²) in [6, 6.07) is 1.36. The van der Waals surface area contributed by atoms with Crippen molar-refractivity contribution in [2.24, 2.45) is 0 Å². The monoisotopic (exact) mass is 238 g/mol. The van der Waals surface area contributed by atoms with E-state index in [2.05, 4.69) is 4.98 Å². The number of carbonyl (C=O) groups is 1. The molecule has 1 rings (SSSR count). The lowest BCUT2D eigenvalue weighted by Gasteiger charge is -2.12. The van der Waals surface area contributed by atoms with Crippen LogP contribution in [0.15, 0.2) is 12.3 Å². The van der Waals surface area contributed by atoms with Gasteiger partial charge in [-0.3, -0.25) is 19.9 Å². The van der Waals surface area contributed by atoms with Crippen LogP contribution in [0, 0.1) is 17.0 Å². The summed E-state index contributed by atoms with van der Waals surface area (Å²) in [6.45, 7) is 3.53. The van der Waals surface area contributed by atoms with E-state index in [0.29, 0.717) is 17.7 Å². The van der Waals surface area contributed by atoms with Crippen molar-refractivity contribution in [1.29, 1.82) is 0 Å². The molecule has 1 aromatic rings. The number of pyridine rings is 1. The summed E-state index contributed by atoms with van der Waals surface area (Å²) in [4.78, 5) is 25.0. The van der Waals surface area contributed by atoms with Gasteiger partial charge in [-0.15, -0.1) is 0 Å². The molecule has 92 valence electrons. The predicted octanol–water partition coefficient (Wildman–Crippen LogP) is 2.27. The third kappa shape index (κ3) is 2.99. The number of hydrogen-bond acceptors (Lipinski definition) is 4. The molecule has 0 aliphatic heterocycles. The SMILES string of the molecule is CCCC(C(=O)O)c1ncc([N+](=O)[O-])cc1C. The third-order valence-corrected chi connectivity index (χ3v) is 2.52. The largest absolute Gasteiger partial charge is 0.481 e. The molecular weight excluding hydrogens is 224 g/mol. The summed E-state index contributed by atoms with van der Waals surface area (Å²) in [5, 5.41) is 19.6. The smallest absolute Gasteiger partial charge is 0.312 e. The number of aryl methyl sites for hydroxylation is 1. The fourth-order valence-corrected chi connectivity index (χ4v) is 1.70. The first-order valence-electron chi connectivity index (χ1n) is 5.31. The molecule has 0 saturated carbocycles. The lowest BCUT2D eigenvalue weighted by molar-refractivity contribution is -0.385. The molecule has 0 aliphatic carbocycles. The highest BCUT2D eigenvalue weighted by Gasteiger charge is 2.23. The van der Waals surface area contributed by atoms with Crippen molar-refractivity contribution in [3.05, 3.63) is 33.6 Å². The second kappa shape index (κ2) is 5.38. The average molecular weight is 238 g/mol. The van der Waals surface area contributed by atoms with Gasteiger partial charge in [0, 0.05) is 6.07 Å². The Hall–Kier alpha value is -1.98. The van der Waals surface area contributed by atoms with Crippen molar-refractivity contribution in [2.45, 2.75) is 32.6 Å². The second-order valence-electron chi connectivity index (χ2n) is 3.83. The highest BCUT2D eigenvalue weighted by molar-refractivity contribution is 5.76. The fraction of sp³-hybridized carbons (Fsp3) is 0.455. The molecule has 1 N–H and O–H groups in total. The van der Waals surface area contributed by atoms with Gasteiger partial charge in [-0.25, -0.2) is 0 Å². The Morgan fingerprint density at radius 1 is 1.65 bits per heavy atom. The van der Waals surface area contributed by atoms with Crippen molar-refractivity contribution < 1.29 is 14.8 Å². The van der Waals surface area contributed by atoms with Gasteiger partial charge in [0.05, 0.1) is 16.5 Å². The summed E-state index contributed by atoms with van der Waals surface area (Å²) < 4.78 is 0. The molecule has 0 bridgehead atoms. The molecule has 6 nitrogen and oxygen atoms in total. The van der Waals surface area contributed by atoms with Crippen LogP contribution in [-0.2, 0) is 4.79 Å². The van der Waals surface area contributed by atoms with Gasteiger partial charge in [-0.05, 0) is 18.9 Å². The molecule has 1 aromatic heterocycles. The van der Waals surface area contributed by atoms with E-state index in [-0.39, 0.29) is 5.69 Å². The molecule has 0 aromatic carbocycles. The van der Waals surface area contributed by atoms with E-state index in [1.54, 1.807) is 6.92 Å². The number of hydrogen-bond donors (Lipinski definition) is 1. The first-order chi connectivity index (χ1) is 7.97. The van der Waals surface area contributed by atoms with Gasteiger partial charge >= 0.3 is 5.97 Å². The standard InChI is InChI=1S/C11H14N2O4/c1-3-4-9(11(14)15)10-7(2)5-8(6-12-10)13(16)17/h5-6,9H,3-4H2,1-2H3,(H,14,15). The zero-order chi connectivity index (χ0) is 13.0. The molecule has 0 fully saturated rings. The van der Waals surface area contributed by atoms with E-state index in [4.69, 9.17) is 5.11 Å². The van der Waals surface area contributed by atoms with E-state index in [9.17, 15) is 14.9 Å². The van der Waals surface area contributed by atoms with Gasteiger partial charge in [-0.2, -0.15) is 0 Å². The van der Waals surface area contributed by atoms with E-state index in [1.165, 1.54) is 6.07 Å². The van der Waals surface area contributed by atoms with Crippen molar-refractivity contribution in [1.82, 2.24) is 4.98 Å². The van der Waals surface area contributed by atoms with Gasteiger partial charge in [-0.1, -0.05) is 13.3 Å². The van der Waals surface area contributed by atoms with Gasteiger partial charge in [0.25, 0.3) is 5.69 Å². The molecule has 0 radical (unpaired) electrons. The molecule has 1 atom stereocenters. The minimum Gasteiger partial charge on any atom is -0.481 e. The van der Waals surface area contributed by atoms with Gasteiger partial charge in [0.15, 0.2) is 0 Å². The van der Waals surface area contributed by atoms with E-state index < -0.39 is 16.8 Å². The van der Waals surface area contributed by atoms with Crippen LogP contribution in [0.4, 0.5) is 5.69 Å². The number of nitrogens with zero attached hydrogens (tertiary/aromatic N) is 2. The second-order valence-corrected chi connectivity index (χ2v) is 3.83. The highest BCUT2D eigenvalue weighted by atomic mass is 16.6. The maximum absolute atomic E-state index is 11.1. The number of aromatic nitrogens is 1. The van der Waals surface area contributed by atoms with E-state index in [1.807, 2.05) is 6.92 Å². The summed E-state index contributed by atoms with van der Waals surface area (Å²) >= 11 is 0. The van der Waals surface area contributed by atoms with Crippen molar-refractivity contribution in [3.8, 4) is 0 Å². The zero-order valence-corrected chi connectivity index (χ0v) is 9.71. The van der Waals surface area contributed by atoms with Crippen molar-refractivity contribution >= 4 is 11.7 Å². The highest BCUT2D eigenvalue weighted by Crippen LogP contribution is 2.25. The Morgan fingerprint density at radius 2 is 2.29 bits per heavy atom. The first kappa shape index (κ1) is 13.1. The topological polar surface area (TPSA) is 93.3 Å². The summed E-state index contributed by atoms with van der Waals surface area (Å²) in [5.74, 6) is -1.64. The van der Waals surface area contributed by atoms with E-state index in [0.717, 1.165) is 12.6 Å². The van der Waals surface area contributed by atoms with Gasteiger partial charge in [0.1, 0.15) is 6.20 Å². The maximum Gasteiger partial charge on any atom is 0.312 e. The lowest BCUT2D eigenvalue weighted by atomic mass is 9.96. The minimum atomic E-state index is -0.948. The van der Waals surface area contributed by atoms with Gasteiger partial charge in [0.2, 0.25) is 0 Å². The number of carboxylic acid groups (broad SMARTS) is 1. The molecule has 0 amide bonds. The molecule has 0 aliphatic rings. The number of aliphatic carboxylic acids is 1. The third-order valence-electron chi connectivity index (χ3n) is 2.52. The van der Waals surface area contributed by atoms with Crippen LogP contribution in [0.5, 0.6) is 0 Å². The average Bonchev–Trinajstić information content (AvgIpc) is 2.26. The minimum absolute atomic E-state index is 0.119. The Labute approximate surface area is 98.4 Å². The molecule has 1 unspecified atom stereocenters. The molecular formula is C11H14N2O4. The maximum atomic E-state index is 11.1. The fourth-order valence-electron chi connectivity index (χ4n) is 1.70. The summed E-state index contributed by atoms with van der Waals surface area (Å²) in [7, 11) is 0. The van der Waals surface area contributed by atoms with Crippen LogP contribution in [0.2, 0.25) is 0 Å². The molecule has 17 heavy (non-hydrogen) atoms. The number of carboxylic acids is 1. The van der Waals surface area contributed by atoms with Crippen LogP contribution >= 0.6 is 0 Å². The van der Waals surface area contributed by atoms with Crippen molar-refractivity contribution in [3.63, 3.8) is 0 Å². The Kier molecular flexibility index (Phi) is 4.14. The Balaban J connectivity index is 3.12. The van der Waals surface area contributed by atoms with Crippen LogP contribution in [-0.4, -0.2) is 21.0 Å². The Morgan fingerprint density at radius 3 is 2.71 bits per heavy atom. The normalized spacial score (nSPS) is 12.1. The van der Waals surface area contributed by atoms with Crippen LogP contribution < -0.4 is 0 Å². The number of rotatable bonds is 5. The lowest BCUT2D eigenvalue weighted by Crippen LogP contribution is -2.14. The Bertz CT molecular complexity index is 445. The van der Waals surface area contributed by atoms with Crippen LogP contribution in [0.3, 0.4) is 0 Å². The van der Waals surface area contributed by atoms with Crippen LogP contribution in [0.1, 0.15) is 36.9 Å². The van der Waals surface area contributed by atoms with Crippen molar-refractivity contribution in [2.75, 3.05) is 0 Å². The zero-order valence-electron chi connectivity index (χ0n) is 9.71.